The lowest BCUT2D eigenvalue weighted by atomic mass is 9.88. The minimum absolute atomic E-state index is 0.998. The number of fused-ring (bicyclic) bond motifs is 1. The van der Waals surface area contributed by atoms with Crippen LogP contribution < -0.4 is 5.32 Å². The Kier molecular flexibility index (Phi) is 6.24. The molecule has 1 aliphatic carbocycles. The molecule has 0 spiro atoms. The Morgan fingerprint density at radius 2 is 1.20 bits per heavy atom. The second-order valence-corrected chi connectivity index (χ2v) is 11.6. The Labute approximate surface area is 258 Å². The van der Waals surface area contributed by atoms with Gasteiger partial charge in [-0.3, -0.25) is 0 Å². The van der Waals surface area contributed by atoms with E-state index < -0.39 is 0 Å². The van der Waals surface area contributed by atoms with E-state index in [0.29, 0.717) is 0 Å². The highest BCUT2D eigenvalue weighted by molar-refractivity contribution is 6.25. The molecule has 0 atom stereocenters. The maximum absolute atomic E-state index is 4.48. The highest BCUT2D eigenvalue weighted by Crippen LogP contribution is 2.40. The van der Waals surface area contributed by atoms with Crippen LogP contribution in [0.5, 0.6) is 0 Å². The number of hydrogen-bond acceptors (Lipinski definition) is 1. The molecule has 0 bridgehead atoms. The molecular weight excluding hydrogens is 530 g/mol. The van der Waals surface area contributed by atoms with Gasteiger partial charge in [0, 0.05) is 11.9 Å². The molecule has 1 heteroatoms. The first-order valence-electron chi connectivity index (χ1n) is 15.1. The van der Waals surface area contributed by atoms with Crippen molar-refractivity contribution in [3.05, 3.63) is 181 Å². The fourth-order valence-corrected chi connectivity index (χ4v) is 6.62. The first-order valence-corrected chi connectivity index (χ1v) is 15.1. The number of aryl methyl sites for hydroxylation is 1. The van der Waals surface area contributed by atoms with Gasteiger partial charge in [-0.1, -0.05) is 140 Å². The molecule has 0 aliphatic heterocycles. The molecule has 7 aromatic rings. The number of benzene rings is 7. The van der Waals surface area contributed by atoms with Crippen LogP contribution in [0, 0.1) is 6.92 Å². The van der Waals surface area contributed by atoms with E-state index in [1.165, 1.54) is 49.0 Å². The summed E-state index contributed by atoms with van der Waals surface area (Å²) in [6, 6.07) is 46.0. The van der Waals surface area contributed by atoms with Gasteiger partial charge in [0.2, 0.25) is 0 Å². The second kappa shape index (κ2) is 10.6. The van der Waals surface area contributed by atoms with Crippen LogP contribution >= 0.6 is 0 Å². The Morgan fingerprint density at radius 3 is 2.00 bits per heavy atom. The molecule has 0 fully saturated rings. The summed E-state index contributed by atoms with van der Waals surface area (Å²) >= 11 is 0. The molecule has 0 radical (unpaired) electrons. The van der Waals surface area contributed by atoms with E-state index in [4.69, 9.17) is 0 Å². The second-order valence-electron chi connectivity index (χ2n) is 11.6. The topological polar surface area (TPSA) is 12.0 Å². The smallest absolute Gasteiger partial charge is 0.0409 e. The van der Waals surface area contributed by atoms with E-state index in [-0.39, 0.29) is 0 Å². The van der Waals surface area contributed by atoms with Crippen LogP contribution in [0.15, 0.2) is 158 Å². The van der Waals surface area contributed by atoms with Gasteiger partial charge in [-0.25, -0.2) is 0 Å². The van der Waals surface area contributed by atoms with Crippen molar-refractivity contribution in [1.29, 1.82) is 0 Å². The molecule has 1 nitrogen and oxygen atoms in total. The number of allylic oxidation sites excluding steroid dienone is 6. The van der Waals surface area contributed by atoms with Crippen molar-refractivity contribution in [2.24, 2.45) is 0 Å². The standard InChI is InChI=1S/C43H31N/c1-28-8-3-6-13-41(28)44-27-36-21-20-35(26-29(2)37-11-4-5-12-38(36)37)30-14-16-31(17-15-30)39-24-22-34-19-18-32-9-7-10-33-23-25-40(39)43(34)42(32)33/h3-27,44H,2H2,1H3/b21-20-,35-26+,36-27-. The van der Waals surface area contributed by atoms with Gasteiger partial charge in [0.25, 0.3) is 0 Å². The average molecular weight is 562 g/mol. The van der Waals surface area contributed by atoms with Crippen LogP contribution in [0.3, 0.4) is 0 Å². The van der Waals surface area contributed by atoms with Gasteiger partial charge in [0.15, 0.2) is 0 Å². The Morgan fingerprint density at radius 1 is 0.545 bits per heavy atom. The molecular formula is C43H31N. The SMILES string of the molecule is C=C1\C=C(c2ccc(-c3ccc4ccc5cccc6ccc3c4c56)cc2)/C=C\C(=C\Nc2ccccc2C)c2ccccc21. The average Bonchev–Trinajstić information content (AvgIpc) is 3.06. The van der Waals surface area contributed by atoms with Crippen LogP contribution in [0.1, 0.15) is 22.3 Å². The summed E-state index contributed by atoms with van der Waals surface area (Å²) in [7, 11) is 0. The maximum Gasteiger partial charge on any atom is 0.0409 e. The first kappa shape index (κ1) is 26.0. The molecule has 44 heavy (non-hydrogen) atoms. The predicted octanol–water partition coefficient (Wildman–Crippen LogP) is 11.7. The highest BCUT2D eigenvalue weighted by atomic mass is 14.8. The normalized spacial score (nSPS) is 16.1. The lowest BCUT2D eigenvalue weighted by Gasteiger charge is -2.17. The lowest BCUT2D eigenvalue weighted by Crippen LogP contribution is -1.98. The predicted molar refractivity (Wildman–Crippen MR) is 191 cm³/mol. The highest BCUT2D eigenvalue weighted by Gasteiger charge is 2.14. The van der Waals surface area contributed by atoms with E-state index in [1.807, 2.05) is 0 Å². The summed E-state index contributed by atoms with van der Waals surface area (Å²) < 4.78 is 0. The van der Waals surface area contributed by atoms with Gasteiger partial charge < -0.3 is 5.32 Å². The van der Waals surface area contributed by atoms with Gasteiger partial charge in [-0.05, 0) is 101 Å². The molecule has 0 unspecified atom stereocenters. The van der Waals surface area contributed by atoms with Crippen LogP contribution in [-0.2, 0) is 0 Å². The molecule has 0 saturated carbocycles. The van der Waals surface area contributed by atoms with Gasteiger partial charge in [0.1, 0.15) is 0 Å². The number of anilines is 1. The third kappa shape index (κ3) is 4.42. The van der Waals surface area contributed by atoms with E-state index in [9.17, 15) is 0 Å². The zero-order valence-corrected chi connectivity index (χ0v) is 24.6. The fraction of sp³-hybridized carbons (Fsp3) is 0.0233. The van der Waals surface area contributed by atoms with Crippen molar-refractivity contribution in [3.8, 4) is 11.1 Å². The summed E-state index contributed by atoms with van der Waals surface area (Å²) in [5.74, 6) is 0. The molecule has 0 aromatic heterocycles. The van der Waals surface area contributed by atoms with Crippen molar-refractivity contribution < 1.29 is 0 Å². The Bertz CT molecular complexity index is 2300. The van der Waals surface area contributed by atoms with Crippen molar-refractivity contribution in [3.63, 3.8) is 0 Å². The lowest BCUT2D eigenvalue weighted by molar-refractivity contribution is 1.43. The van der Waals surface area contributed by atoms with Crippen molar-refractivity contribution in [2.45, 2.75) is 6.92 Å². The van der Waals surface area contributed by atoms with Crippen molar-refractivity contribution >= 4 is 54.7 Å². The molecule has 0 saturated heterocycles. The van der Waals surface area contributed by atoms with Crippen molar-refractivity contribution in [1.82, 2.24) is 0 Å². The van der Waals surface area contributed by atoms with Gasteiger partial charge in [-0.15, -0.1) is 0 Å². The minimum atomic E-state index is 0.998. The first-order chi connectivity index (χ1) is 21.6. The Balaban J connectivity index is 1.18. The summed E-state index contributed by atoms with van der Waals surface area (Å²) in [4.78, 5) is 0. The molecule has 0 heterocycles. The molecule has 0 amide bonds. The maximum atomic E-state index is 4.48. The zero-order valence-electron chi connectivity index (χ0n) is 24.6. The van der Waals surface area contributed by atoms with Crippen LogP contribution in [0.4, 0.5) is 5.69 Å². The van der Waals surface area contributed by atoms with E-state index in [2.05, 4.69) is 171 Å². The monoisotopic (exact) mass is 561 g/mol. The summed E-state index contributed by atoms with van der Waals surface area (Å²) in [6.07, 6.45) is 8.71. The number of hydrogen-bond donors (Lipinski definition) is 1. The third-order valence-corrected chi connectivity index (χ3v) is 8.94. The molecule has 7 aromatic carbocycles. The molecule has 1 N–H and O–H groups in total. The largest absolute Gasteiger partial charge is 0.361 e. The molecule has 8 rings (SSSR count). The summed E-state index contributed by atoms with van der Waals surface area (Å²) in [5, 5.41) is 11.4. The van der Waals surface area contributed by atoms with Crippen LogP contribution in [-0.4, -0.2) is 0 Å². The van der Waals surface area contributed by atoms with Gasteiger partial charge in [-0.2, -0.15) is 0 Å². The minimum Gasteiger partial charge on any atom is -0.361 e. The number of rotatable bonds is 4. The zero-order chi connectivity index (χ0) is 29.6. The van der Waals surface area contributed by atoms with Crippen LogP contribution in [0.25, 0.3) is 60.2 Å². The van der Waals surface area contributed by atoms with Crippen molar-refractivity contribution in [2.75, 3.05) is 5.32 Å². The van der Waals surface area contributed by atoms with E-state index in [1.54, 1.807) is 0 Å². The van der Waals surface area contributed by atoms with E-state index in [0.717, 1.165) is 39.1 Å². The third-order valence-electron chi connectivity index (χ3n) is 8.94. The number of nitrogens with one attached hydrogen (secondary N) is 1. The Hall–Kier alpha value is -5.66. The van der Waals surface area contributed by atoms with Gasteiger partial charge in [0.05, 0.1) is 0 Å². The molecule has 208 valence electrons. The van der Waals surface area contributed by atoms with Gasteiger partial charge >= 0.3 is 0 Å². The fourth-order valence-electron chi connectivity index (χ4n) is 6.62. The van der Waals surface area contributed by atoms with Crippen LogP contribution in [0.2, 0.25) is 0 Å². The summed E-state index contributed by atoms with van der Waals surface area (Å²) in [5.41, 5.74) is 11.5. The number of para-hydroxylation sites is 1. The molecule has 1 aliphatic rings. The van der Waals surface area contributed by atoms with E-state index >= 15 is 0 Å². The quantitative estimate of drug-likeness (QED) is 0.211. The summed E-state index contributed by atoms with van der Waals surface area (Å²) in [6.45, 7) is 6.60.